The van der Waals surface area contributed by atoms with E-state index < -0.39 is 11.7 Å². The van der Waals surface area contributed by atoms with Gasteiger partial charge < -0.3 is 10.6 Å². The number of likely N-dealkylation sites (tertiary alicyclic amines) is 1. The van der Waals surface area contributed by atoms with E-state index in [1.54, 1.807) is 13.0 Å². The van der Waals surface area contributed by atoms with E-state index in [1.807, 2.05) is 11.8 Å². The lowest BCUT2D eigenvalue weighted by Crippen LogP contribution is -2.53. The van der Waals surface area contributed by atoms with Crippen LogP contribution in [0.2, 0.25) is 0 Å². The fraction of sp³-hybridized carbons (Fsp3) is 0.611. The summed E-state index contributed by atoms with van der Waals surface area (Å²) in [5.74, 6) is -0.387. The third-order valence-electron chi connectivity index (χ3n) is 4.66. The van der Waals surface area contributed by atoms with Crippen LogP contribution in [-0.2, 0) is 17.4 Å². The van der Waals surface area contributed by atoms with Crippen molar-refractivity contribution in [3.63, 3.8) is 0 Å². The Kier molecular flexibility index (Phi) is 7.75. The number of rotatable bonds is 4. The number of halogens is 4. The van der Waals surface area contributed by atoms with Gasteiger partial charge >= 0.3 is 6.18 Å². The van der Waals surface area contributed by atoms with E-state index in [2.05, 4.69) is 0 Å². The Morgan fingerprint density at radius 1 is 1.32 bits per heavy atom. The summed E-state index contributed by atoms with van der Waals surface area (Å²) in [6.45, 7) is 4.35. The Hall–Kier alpha value is -1.27. The minimum absolute atomic E-state index is 0. The molecule has 1 fully saturated rings. The maximum absolute atomic E-state index is 12.8. The van der Waals surface area contributed by atoms with Crippen LogP contribution in [0.3, 0.4) is 0 Å². The number of benzene rings is 1. The molecule has 0 aliphatic carbocycles. The molecule has 3 unspecified atom stereocenters. The van der Waals surface area contributed by atoms with Crippen LogP contribution in [0.15, 0.2) is 24.3 Å². The first-order chi connectivity index (χ1) is 11.2. The second kappa shape index (κ2) is 8.90. The fourth-order valence-electron chi connectivity index (χ4n) is 3.38. The summed E-state index contributed by atoms with van der Waals surface area (Å²) in [6.07, 6.45) is -1.18. The molecule has 1 amide bonds. The summed E-state index contributed by atoms with van der Waals surface area (Å²) in [6, 6.07) is 5.12. The maximum atomic E-state index is 12.8. The van der Waals surface area contributed by atoms with Crippen LogP contribution in [0.5, 0.6) is 0 Å². The first kappa shape index (κ1) is 21.8. The average molecular weight is 379 g/mol. The summed E-state index contributed by atoms with van der Waals surface area (Å²) in [5, 5.41) is 0. The predicted octanol–water partition coefficient (Wildman–Crippen LogP) is 4.03. The molecule has 0 spiro atoms. The number of hydrogen-bond donors (Lipinski definition) is 1. The van der Waals surface area contributed by atoms with Gasteiger partial charge in [0.2, 0.25) is 5.91 Å². The second-order valence-electron chi connectivity index (χ2n) is 6.76. The van der Waals surface area contributed by atoms with Crippen molar-refractivity contribution >= 4 is 18.3 Å². The van der Waals surface area contributed by atoms with Gasteiger partial charge in [-0.15, -0.1) is 12.4 Å². The Morgan fingerprint density at radius 2 is 2.00 bits per heavy atom. The van der Waals surface area contributed by atoms with Gasteiger partial charge in [0, 0.05) is 24.5 Å². The summed E-state index contributed by atoms with van der Waals surface area (Å²) in [7, 11) is 0. The molecule has 3 nitrogen and oxygen atoms in total. The van der Waals surface area contributed by atoms with E-state index in [0.29, 0.717) is 18.5 Å². The van der Waals surface area contributed by atoms with E-state index >= 15 is 0 Å². The molecule has 1 aliphatic heterocycles. The van der Waals surface area contributed by atoms with Crippen LogP contribution >= 0.6 is 12.4 Å². The van der Waals surface area contributed by atoms with Crippen molar-refractivity contribution in [1.29, 1.82) is 0 Å². The first-order valence-electron chi connectivity index (χ1n) is 8.42. The van der Waals surface area contributed by atoms with Gasteiger partial charge in [-0.3, -0.25) is 4.79 Å². The highest BCUT2D eigenvalue weighted by molar-refractivity contribution is 5.85. The van der Waals surface area contributed by atoms with E-state index in [0.717, 1.165) is 31.4 Å². The van der Waals surface area contributed by atoms with Gasteiger partial charge in [-0.1, -0.05) is 25.1 Å². The van der Waals surface area contributed by atoms with Crippen LogP contribution in [0.1, 0.15) is 44.2 Å². The zero-order valence-electron chi connectivity index (χ0n) is 14.6. The molecule has 1 aliphatic rings. The van der Waals surface area contributed by atoms with Gasteiger partial charge in [-0.25, -0.2) is 0 Å². The second-order valence-corrected chi connectivity index (χ2v) is 6.76. The standard InChI is InChI=1S/C18H25F3N2O.ClH/c1-12(10-14-6-5-7-15(11-14)18(19,20)21)17(24)23-9-4-3-8-16(23)13(2)22;/h5-7,11-13,16H,3-4,8-10,22H2,1-2H3;1H. The molecule has 7 heteroatoms. The van der Waals surface area contributed by atoms with Crippen LogP contribution < -0.4 is 5.73 Å². The molecule has 3 atom stereocenters. The fourth-order valence-corrected chi connectivity index (χ4v) is 3.38. The average Bonchev–Trinajstić information content (AvgIpc) is 2.53. The summed E-state index contributed by atoms with van der Waals surface area (Å²) >= 11 is 0. The van der Waals surface area contributed by atoms with Crippen molar-refractivity contribution in [2.75, 3.05) is 6.54 Å². The molecule has 2 rings (SSSR count). The molecule has 1 saturated heterocycles. The molecule has 2 N–H and O–H groups in total. The summed E-state index contributed by atoms with van der Waals surface area (Å²) < 4.78 is 38.4. The normalized spacial score (nSPS) is 20.6. The van der Waals surface area contributed by atoms with Crippen molar-refractivity contribution in [1.82, 2.24) is 4.90 Å². The largest absolute Gasteiger partial charge is 0.416 e. The molecule has 1 heterocycles. The number of piperidine rings is 1. The number of alkyl halides is 3. The third kappa shape index (κ3) is 5.61. The SMILES string of the molecule is CC(Cc1cccc(C(F)(F)F)c1)C(=O)N1CCCCC1C(C)N.Cl. The Balaban J connectivity index is 0.00000312. The number of carbonyl (C=O) groups excluding carboxylic acids is 1. The highest BCUT2D eigenvalue weighted by Gasteiger charge is 2.33. The number of nitrogens with zero attached hydrogens (tertiary/aromatic N) is 1. The minimum atomic E-state index is -4.36. The van der Waals surface area contributed by atoms with Gasteiger partial charge in [-0.2, -0.15) is 13.2 Å². The number of carbonyl (C=O) groups is 1. The molecule has 0 bridgehead atoms. The highest BCUT2D eigenvalue weighted by atomic mass is 35.5. The van der Waals surface area contributed by atoms with Crippen molar-refractivity contribution in [2.24, 2.45) is 11.7 Å². The third-order valence-corrected chi connectivity index (χ3v) is 4.66. The van der Waals surface area contributed by atoms with Gasteiger partial charge in [-0.05, 0) is 44.2 Å². The zero-order valence-corrected chi connectivity index (χ0v) is 15.4. The molecule has 1 aromatic rings. The number of nitrogens with two attached hydrogens (primary N) is 1. The van der Waals surface area contributed by atoms with Gasteiger partial charge in [0.25, 0.3) is 0 Å². The Labute approximate surface area is 153 Å². The molecule has 0 saturated carbocycles. The van der Waals surface area contributed by atoms with Crippen molar-refractivity contribution in [3.8, 4) is 0 Å². The summed E-state index contributed by atoms with van der Waals surface area (Å²) in [4.78, 5) is 14.6. The van der Waals surface area contributed by atoms with Gasteiger partial charge in [0.05, 0.1) is 5.56 Å². The number of hydrogen-bond acceptors (Lipinski definition) is 2. The lowest BCUT2D eigenvalue weighted by molar-refractivity contribution is -0.139. The van der Waals surface area contributed by atoms with Crippen molar-refractivity contribution < 1.29 is 18.0 Å². The van der Waals surface area contributed by atoms with Crippen LogP contribution in [0.4, 0.5) is 13.2 Å². The van der Waals surface area contributed by atoms with E-state index in [9.17, 15) is 18.0 Å². The minimum Gasteiger partial charge on any atom is -0.338 e. The molecule has 0 radical (unpaired) electrons. The Bertz CT molecular complexity index is 578. The van der Waals surface area contributed by atoms with E-state index in [4.69, 9.17) is 5.73 Å². The zero-order chi connectivity index (χ0) is 17.9. The van der Waals surface area contributed by atoms with Crippen molar-refractivity contribution in [3.05, 3.63) is 35.4 Å². The molecule has 0 aromatic heterocycles. The smallest absolute Gasteiger partial charge is 0.338 e. The molecular formula is C18H26ClF3N2O. The highest BCUT2D eigenvalue weighted by Crippen LogP contribution is 2.30. The lowest BCUT2D eigenvalue weighted by atomic mass is 9.93. The Morgan fingerprint density at radius 3 is 2.60 bits per heavy atom. The molecule has 142 valence electrons. The van der Waals surface area contributed by atoms with Crippen LogP contribution in [0.25, 0.3) is 0 Å². The lowest BCUT2D eigenvalue weighted by Gasteiger charge is -2.39. The monoisotopic (exact) mass is 378 g/mol. The van der Waals surface area contributed by atoms with Crippen molar-refractivity contribution in [2.45, 2.75) is 57.8 Å². The maximum Gasteiger partial charge on any atom is 0.416 e. The number of amides is 1. The molecule has 1 aromatic carbocycles. The van der Waals surface area contributed by atoms with Gasteiger partial charge in [0.15, 0.2) is 0 Å². The van der Waals surface area contributed by atoms with E-state index in [1.165, 1.54) is 6.07 Å². The summed E-state index contributed by atoms with van der Waals surface area (Å²) in [5.41, 5.74) is 5.85. The predicted molar refractivity (Wildman–Crippen MR) is 94.6 cm³/mol. The van der Waals surface area contributed by atoms with Crippen LogP contribution in [0, 0.1) is 5.92 Å². The molecule has 25 heavy (non-hydrogen) atoms. The van der Waals surface area contributed by atoms with Gasteiger partial charge in [0.1, 0.15) is 0 Å². The molecular weight excluding hydrogens is 353 g/mol. The van der Waals surface area contributed by atoms with E-state index in [-0.39, 0.29) is 36.3 Å². The first-order valence-corrected chi connectivity index (χ1v) is 8.42. The van der Waals surface area contributed by atoms with Crippen LogP contribution in [-0.4, -0.2) is 29.4 Å². The topological polar surface area (TPSA) is 46.3 Å². The quantitative estimate of drug-likeness (QED) is 0.859.